The van der Waals surface area contributed by atoms with Gasteiger partial charge in [-0.3, -0.25) is 9.78 Å². The zero-order chi connectivity index (χ0) is 12.9. The molecular weight excluding hydrogens is 214 g/mol. The van der Waals surface area contributed by atoms with Gasteiger partial charge in [-0.05, 0) is 44.9 Å². The molecule has 0 saturated carbocycles. The number of nitrogens with one attached hydrogen (secondary N) is 1. The molecule has 0 spiro atoms. The van der Waals surface area contributed by atoms with E-state index in [4.69, 9.17) is 5.73 Å². The van der Waals surface area contributed by atoms with Crippen molar-refractivity contribution in [2.24, 2.45) is 5.73 Å². The molecule has 0 aliphatic heterocycles. The van der Waals surface area contributed by atoms with Gasteiger partial charge >= 0.3 is 0 Å². The van der Waals surface area contributed by atoms with Gasteiger partial charge in [0.1, 0.15) is 0 Å². The second-order valence-corrected chi connectivity index (χ2v) is 5.06. The van der Waals surface area contributed by atoms with Crippen LogP contribution in [0.4, 0.5) is 0 Å². The Morgan fingerprint density at radius 3 is 2.59 bits per heavy atom. The highest BCUT2D eigenvalue weighted by Gasteiger charge is 2.14. The van der Waals surface area contributed by atoms with Crippen LogP contribution in [0.5, 0.6) is 0 Å². The zero-order valence-electron chi connectivity index (χ0n) is 10.7. The third-order valence-corrected chi connectivity index (χ3v) is 2.58. The Labute approximate surface area is 103 Å². The van der Waals surface area contributed by atoms with E-state index < -0.39 is 0 Å². The van der Waals surface area contributed by atoms with E-state index in [1.165, 1.54) is 0 Å². The smallest absolute Gasteiger partial charge is 0.220 e. The molecule has 1 unspecified atom stereocenters. The summed E-state index contributed by atoms with van der Waals surface area (Å²) >= 11 is 0. The normalized spacial score (nSPS) is 13.2. The summed E-state index contributed by atoms with van der Waals surface area (Å²) in [7, 11) is 0. The van der Waals surface area contributed by atoms with Crippen molar-refractivity contribution >= 4 is 5.91 Å². The number of carbonyl (C=O) groups is 1. The maximum Gasteiger partial charge on any atom is 0.220 e. The third kappa shape index (κ3) is 5.45. The van der Waals surface area contributed by atoms with E-state index in [9.17, 15) is 4.79 Å². The molecule has 1 aromatic rings. The third-order valence-electron chi connectivity index (χ3n) is 2.58. The first kappa shape index (κ1) is 13.6. The van der Waals surface area contributed by atoms with Crippen molar-refractivity contribution in [2.45, 2.75) is 45.2 Å². The summed E-state index contributed by atoms with van der Waals surface area (Å²) in [5.41, 5.74) is 6.60. The van der Waals surface area contributed by atoms with Gasteiger partial charge in [-0.2, -0.15) is 0 Å². The molecule has 3 N–H and O–H groups in total. The Kier molecular flexibility index (Phi) is 4.63. The minimum absolute atomic E-state index is 0.00591. The number of nitrogens with zero attached hydrogens (tertiary/aromatic N) is 1. The van der Waals surface area contributed by atoms with Crippen LogP contribution < -0.4 is 11.1 Å². The lowest BCUT2D eigenvalue weighted by Crippen LogP contribution is -2.35. The first-order valence-electron chi connectivity index (χ1n) is 5.87. The predicted octanol–water partition coefficient (Wildman–Crippen LogP) is 1.78. The Morgan fingerprint density at radius 2 is 2.06 bits per heavy atom. The summed E-state index contributed by atoms with van der Waals surface area (Å²) < 4.78 is 0. The van der Waals surface area contributed by atoms with Crippen LogP contribution in [0.2, 0.25) is 0 Å². The van der Waals surface area contributed by atoms with Gasteiger partial charge in [-0.25, -0.2) is 0 Å². The Bertz CT molecular complexity index is 357. The van der Waals surface area contributed by atoms with E-state index in [1.54, 1.807) is 12.4 Å². The topological polar surface area (TPSA) is 68.0 Å². The number of aromatic nitrogens is 1. The quantitative estimate of drug-likeness (QED) is 0.817. The summed E-state index contributed by atoms with van der Waals surface area (Å²) in [6, 6.07) is 3.81. The second kappa shape index (κ2) is 5.77. The first-order chi connectivity index (χ1) is 7.88. The molecule has 94 valence electrons. The molecule has 1 rings (SSSR count). The fraction of sp³-hybridized carbons (Fsp3) is 0.538. The number of rotatable bonds is 5. The summed E-state index contributed by atoms with van der Waals surface area (Å²) in [6.07, 6.45) is 4.59. The average Bonchev–Trinajstić information content (AvgIpc) is 2.27. The first-order valence-corrected chi connectivity index (χ1v) is 5.87. The molecule has 0 saturated heterocycles. The largest absolute Gasteiger partial charge is 0.350 e. The van der Waals surface area contributed by atoms with Gasteiger partial charge in [0.25, 0.3) is 0 Å². The van der Waals surface area contributed by atoms with E-state index in [2.05, 4.69) is 10.3 Å². The van der Waals surface area contributed by atoms with Crippen molar-refractivity contribution in [1.29, 1.82) is 0 Å². The number of amides is 1. The molecule has 0 fully saturated rings. The number of hydrogen-bond donors (Lipinski definition) is 2. The SMILES string of the molecule is CC(NC(=O)CCC(C)(C)N)c1ccncc1. The van der Waals surface area contributed by atoms with Crippen molar-refractivity contribution in [3.63, 3.8) is 0 Å². The summed E-state index contributed by atoms with van der Waals surface area (Å²) in [6.45, 7) is 5.81. The maximum absolute atomic E-state index is 11.7. The molecule has 0 radical (unpaired) electrons. The summed E-state index contributed by atoms with van der Waals surface area (Å²) in [4.78, 5) is 15.6. The zero-order valence-corrected chi connectivity index (χ0v) is 10.7. The maximum atomic E-state index is 11.7. The van der Waals surface area contributed by atoms with Crippen LogP contribution in [-0.4, -0.2) is 16.4 Å². The standard InChI is InChI=1S/C13H21N3O/c1-10(11-5-8-15-9-6-11)16-12(17)4-7-13(2,3)14/h5-6,8-10H,4,7,14H2,1-3H3,(H,16,17). The van der Waals surface area contributed by atoms with Crippen LogP contribution in [0.1, 0.15) is 45.2 Å². The highest BCUT2D eigenvalue weighted by Crippen LogP contribution is 2.12. The lowest BCUT2D eigenvalue weighted by molar-refractivity contribution is -0.122. The van der Waals surface area contributed by atoms with Crippen LogP contribution in [0.25, 0.3) is 0 Å². The van der Waals surface area contributed by atoms with Gasteiger partial charge in [-0.15, -0.1) is 0 Å². The monoisotopic (exact) mass is 235 g/mol. The van der Waals surface area contributed by atoms with Crippen molar-refractivity contribution in [2.75, 3.05) is 0 Å². The lowest BCUT2D eigenvalue weighted by Gasteiger charge is -2.19. The minimum Gasteiger partial charge on any atom is -0.350 e. The fourth-order valence-corrected chi connectivity index (χ4v) is 1.48. The van der Waals surface area contributed by atoms with E-state index >= 15 is 0 Å². The number of pyridine rings is 1. The van der Waals surface area contributed by atoms with E-state index in [0.717, 1.165) is 5.56 Å². The Morgan fingerprint density at radius 1 is 1.47 bits per heavy atom. The van der Waals surface area contributed by atoms with Crippen LogP contribution in [0.15, 0.2) is 24.5 Å². The Hall–Kier alpha value is -1.42. The highest BCUT2D eigenvalue weighted by molar-refractivity contribution is 5.76. The minimum atomic E-state index is -0.294. The molecule has 0 aromatic carbocycles. The molecule has 1 amide bonds. The molecule has 1 aromatic heterocycles. The van der Waals surface area contributed by atoms with Gasteiger partial charge in [0.05, 0.1) is 6.04 Å². The van der Waals surface area contributed by atoms with E-state index in [0.29, 0.717) is 12.8 Å². The van der Waals surface area contributed by atoms with E-state index in [-0.39, 0.29) is 17.5 Å². The second-order valence-electron chi connectivity index (χ2n) is 5.06. The highest BCUT2D eigenvalue weighted by atomic mass is 16.1. The average molecular weight is 235 g/mol. The number of nitrogens with two attached hydrogens (primary N) is 1. The molecule has 4 nitrogen and oxygen atoms in total. The molecule has 0 bridgehead atoms. The molecular formula is C13H21N3O. The van der Waals surface area contributed by atoms with Gasteiger partial charge in [0.2, 0.25) is 5.91 Å². The number of hydrogen-bond acceptors (Lipinski definition) is 3. The summed E-state index contributed by atoms with van der Waals surface area (Å²) in [5.74, 6) is 0.0350. The van der Waals surface area contributed by atoms with Crippen molar-refractivity contribution in [3.8, 4) is 0 Å². The lowest BCUT2D eigenvalue weighted by atomic mass is 9.99. The van der Waals surface area contributed by atoms with Crippen LogP contribution >= 0.6 is 0 Å². The van der Waals surface area contributed by atoms with Crippen LogP contribution in [0.3, 0.4) is 0 Å². The van der Waals surface area contributed by atoms with Crippen molar-refractivity contribution in [3.05, 3.63) is 30.1 Å². The van der Waals surface area contributed by atoms with Crippen molar-refractivity contribution in [1.82, 2.24) is 10.3 Å². The predicted molar refractivity (Wildman–Crippen MR) is 68.3 cm³/mol. The number of carbonyl (C=O) groups excluding carboxylic acids is 1. The molecule has 0 aliphatic carbocycles. The van der Waals surface area contributed by atoms with Gasteiger partial charge in [0.15, 0.2) is 0 Å². The van der Waals surface area contributed by atoms with Crippen LogP contribution in [0, 0.1) is 0 Å². The van der Waals surface area contributed by atoms with Gasteiger partial charge in [0, 0.05) is 24.4 Å². The Balaban J connectivity index is 2.42. The fourth-order valence-electron chi connectivity index (χ4n) is 1.48. The van der Waals surface area contributed by atoms with E-state index in [1.807, 2.05) is 32.9 Å². The molecule has 1 heterocycles. The molecule has 1 atom stereocenters. The van der Waals surface area contributed by atoms with Crippen LogP contribution in [-0.2, 0) is 4.79 Å². The van der Waals surface area contributed by atoms with Gasteiger partial charge in [-0.1, -0.05) is 0 Å². The van der Waals surface area contributed by atoms with Crippen molar-refractivity contribution < 1.29 is 4.79 Å². The summed E-state index contributed by atoms with van der Waals surface area (Å²) in [5, 5.41) is 2.95. The molecule has 4 heteroatoms. The van der Waals surface area contributed by atoms with Gasteiger partial charge < -0.3 is 11.1 Å². The molecule has 0 aliphatic rings. The molecule has 17 heavy (non-hydrogen) atoms.